The highest BCUT2D eigenvalue weighted by atomic mass is 16.5. The number of hydrogen-bond donors (Lipinski definition) is 2. The van der Waals surface area contributed by atoms with Crippen LogP contribution in [0.5, 0.6) is 5.75 Å². The van der Waals surface area contributed by atoms with E-state index in [1.807, 2.05) is 81.3 Å². The average Bonchev–Trinajstić information content (AvgIpc) is 3.18. The van der Waals surface area contributed by atoms with Crippen molar-refractivity contribution in [2.24, 2.45) is 13.0 Å². The van der Waals surface area contributed by atoms with E-state index in [0.717, 1.165) is 22.0 Å². The predicted molar refractivity (Wildman–Crippen MR) is 146 cm³/mol. The van der Waals surface area contributed by atoms with Crippen LogP contribution in [0, 0.1) is 5.92 Å². The summed E-state index contributed by atoms with van der Waals surface area (Å²) in [6, 6.07) is 13.2. The third-order valence-electron chi connectivity index (χ3n) is 7.08. The molecular weight excluding hydrogens is 468 g/mol. The van der Waals surface area contributed by atoms with Gasteiger partial charge in [0.25, 0.3) is 0 Å². The van der Waals surface area contributed by atoms with Crippen molar-refractivity contribution in [2.75, 3.05) is 39.1 Å². The van der Waals surface area contributed by atoms with E-state index in [-0.39, 0.29) is 49.3 Å². The largest absolute Gasteiger partial charge is 0.488 e. The molecule has 2 amide bonds. The summed E-state index contributed by atoms with van der Waals surface area (Å²) in [7, 11) is 5.97. The van der Waals surface area contributed by atoms with Crippen molar-refractivity contribution in [3.8, 4) is 5.75 Å². The van der Waals surface area contributed by atoms with Crippen LogP contribution >= 0.6 is 0 Å². The molecule has 4 rings (SSSR count). The van der Waals surface area contributed by atoms with Gasteiger partial charge in [-0.2, -0.15) is 0 Å². The van der Waals surface area contributed by atoms with Gasteiger partial charge in [0.2, 0.25) is 11.8 Å². The molecule has 0 bridgehead atoms. The number of aliphatic hydroxyl groups is 1. The van der Waals surface area contributed by atoms with Crippen molar-refractivity contribution in [1.82, 2.24) is 14.4 Å². The first-order chi connectivity index (χ1) is 17.7. The number of para-hydroxylation sites is 1. The van der Waals surface area contributed by atoms with E-state index in [0.29, 0.717) is 24.5 Å². The number of nitrogens with zero attached hydrogens (tertiary/aromatic N) is 3. The minimum atomic E-state index is -0.292. The number of carbonyl (C=O) groups is 2. The zero-order chi connectivity index (χ0) is 26.7. The molecule has 1 aromatic heterocycles. The maximum atomic E-state index is 13.3. The summed E-state index contributed by atoms with van der Waals surface area (Å²) in [5, 5.41) is 13.8. The van der Waals surface area contributed by atoms with Gasteiger partial charge < -0.3 is 29.5 Å². The Morgan fingerprint density at radius 2 is 2.00 bits per heavy atom. The van der Waals surface area contributed by atoms with Gasteiger partial charge in [-0.1, -0.05) is 25.1 Å². The summed E-state index contributed by atoms with van der Waals surface area (Å²) in [5.74, 6) is 0.521. The highest BCUT2D eigenvalue weighted by Crippen LogP contribution is 2.29. The number of rotatable bonds is 7. The highest BCUT2D eigenvalue weighted by Gasteiger charge is 2.30. The summed E-state index contributed by atoms with van der Waals surface area (Å²) in [6.45, 7) is 5.02. The lowest BCUT2D eigenvalue weighted by atomic mass is 10.0. The number of aliphatic hydroxyl groups excluding tert-OH is 1. The van der Waals surface area contributed by atoms with Gasteiger partial charge in [-0.3, -0.25) is 9.59 Å². The molecule has 8 nitrogen and oxygen atoms in total. The van der Waals surface area contributed by atoms with Gasteiger partial charge in [-0.25, -0.2) is 0 Å². The molecule has 3 atom stereocenters. The average molecular weight is 507 g/mol. The van der Waals surface area contributed by atoms with E-state index < -0.39 is 0 Å². The molecule has 37 heavy (non-hydrogen) atoms. The van der Waals surface area contributed by atoms with Gasteiger partial charge in [0.05, 0.1) is 25.5 Å². The van der Waals surface area contributed by atoms with Crippen LogP contribution in [0.15, 0.2) is 48.7 Å². The third kappa shape index (κ3) is 6.14. The molecule has 0 fully saturated rings. The van der Waals surface area contributed by atoms with Crippen LogP contribution in [0.2, 0.25) is 0 Å². The molecule has 0 aliphatic carbocycles. The zero-order valence-corrected chi connectivity index (χ0v) is 22.4. The lowest BCUT2D eigenvalue weighted by Crippen LogP contribution is -2.47. The molecule has 0 radical (unpaired) electrons. The van der Waals surface area contributed by atoms with Crippen LogP contribution < -0.4 is 10.1 Å². The second-order valence-corrected chi connectivity index (χ2v) is 10.5. The summed E-state index contributed by atoms with van der Waals surface area (Å²) in [6.07, 6.45) is 2.23. The van der Waals surface area contributed by atoms with Gasteiger partial charge in [0.15, 0.2) is 0 Å². The number of ether oxygens (including phenoxy) is 1. The van der Waals surface area contributed by atoms with Crippen molar-refractivity contribution in [3.05, 3.63) is 59.8 Å². The molecule has 1 aliphatic rings. The number of aromatic nitrogens is 1. The first-order valence-electron chi connectivity index (χ1n) is 12.8. The first kappa shape index (κ1) is 26.7. The number of aryl methyl sites for hydroxylation is 1. The Balaban J connectivity index is 1.58. The fourth-order valence-electron chi connectivity index (χ4n) is 5.03. The maximum absolute atomic E-state index is 13.3. The third-order valence-corrected chi connectivity index (χ3v) is 7.08. The fraction of sp³-hybridized carbons (Fsp3) is 0.448. The molecule has 1 aliphatic heterocycles. The molecule has 0 saturated carbocycles. The lowest BCUT2D eigenvalue weighted by molar-refractivity contribution is -0.134. The van der Waals surface area contributed by atoms with E-state index in [2.05, 4.69) is 17.1 Å². The molecule has 3 aromatic rings. The SMILES string of the molecule is C[C@@H]1CN([C@H](C)CO)C(=O)Cc2cc(NC(=O)Cc3cn(C)c4ccccc34)ccc2O[C@@H]1CN(C)C. The fourth-order valence-corrected chi connectivity index (χ4v) is 5.03. The van der Waals surface area contributed by atoms with Gasteiger partial charge in [-0.05, 0) is 50.8 Å². The second-order valence-electron chi connectivity index (χ2n) is 10.5. The van der Waals surface area contributed by atoms with Crippen molar-refractivity contribution < 1.29 is 19.4 Å². The van der Waals surface area contributed by atoms with Crippen molar-refractivity contribution in [1.29, 1.82) is 0 Å². The van der Waals surface area contributed by atoms with Crippen LogP contribution in [0.25, 0.3) is 10.9 Å². The van der Waals surface area contributed by atoms with E-state index in [1.165, 1.54) is 0 Å². The molecule has 8 heteroatoms. The number of benzene rings is 2. The quantitative estimate of drug-likeness (QED) is 0.514. The Labute approximate surface area is 218 Å². The number of anilines is 1. The molecule has 0 unspecified atom stereocenters. The van der Waals surface area contributed by atoms with Gasteiger partial charge in [0, 0.05) is 54.4 Å². The normalized spacial score (nSPS) is 19.1. The Bertz CT molecular complexity index is 1270. The Morgan fingerprint density at radius 1 is 1.24 bits per heavy atom. The van der Waals surface area contributed by atoms with E-state index >= 15 is 0 Å². The standard InChI is InChI=1S/C29H38N4O4/c1-19-15-33(20(2)18-34)29(36)14-21-12-23(10-11-26(21)37-27(19)17-31(3)4)30-28(35)13-22-16-32(5)25-9-7-6-8-24(22)25/h6-12,16,19-20,27,34H,13-15,17-18H2,1-5H3,(H,30,35)/t19-,20-,27-/m1/s1. The Kier molecular flexibility index (Phi) is 8.19. The van der Waals surface area contributed by atoms with E-state index in [9.17, 15) is 14.7 Å². The Morgan fingerprint density at radius 3 is 2.73 bits per heavy atom. The van der Waals surface area contributed by atoms with Crippen LogP contribution in [0.3, 0.4) is 0 Å². The monoisotopic (exact) mass is 506 g/mol. The number of nitrogens with one attached hydrogen (secondary N) is 1. The van der Waals surface area contributed by atoms with Crippen molar-refractivity contribution in [3.63, 3.8) is 0 Å². The topological polar surface area (TPSA) is 87.0 Å². The predicted octanol–water partition coefficient (Wildman–Crippen LogP) is 3.07. The molecule has 198 valence electrons. The molecule has 2 N–H and O–H groups in total. The van der Waals surface area contributed by atoms with Crippen molar-refractivity contribution >= 4 is 28.4 Å². The molecular formula is C29H38N4O4. The first-order valence-corrected chi connectivity index (χ1v) is 12.8. The maximum Gasteiger partial charge on any atom is 0.228 e. The number of hydrogen-bond acceptors (Lipinski definition) is 5. The summed E-state index contributed by atoms with van der Waals surface area (Å²) in [4.78, 5) is 30.1. The number of likely N-dealkylation sites (N-methyl/N-ethyl adjacent to an activating group) is 1. The van der Waals surface area contributed by atoms with Gasteiger partial charge >= 0.3 is 0 Å². The highest BCUT2D eigenvalue weighted by molar-refractivity contribution is 5.96. The minimum Gasteiger partial charge on any atom is -0.488 e. The second kappa shape index (κ2) is 11.4. The molecule has 0 saturated heterocycles. The van der Waals surface area contributed by atoms with Crippen molar-refractivity contribution in [2.45, 2.75) is 38.8 Å². The molecule has 0 spiro atoms. The number of fused-ring (bicyclic) bond motifs is 2. The van der Waals surface area contributed by atoms with Gasteiger partial charge in [-0.15, -0.1) is 0 Å². The summed E-state index contributed by atoms with van der Waals surface area (Å²) >= 11 is 0. The smallest absolute Gasteiger partial charge is 0.228 e. The Hall–Kier alpha value is -3.36. The number of amides is 2. The van der Waals surface area contributed by atoms with Crippen LogP contribution in [0.1, 0.15) is 25.0 Å². The molecule has 2 heterocycles. The number of carbonyl (C=O) groups excluding carboxylic acids is 2. The van der Waals surface area contributed by atoms with Crippen LogP contribution in [-0.4, -0.2) is 77.2 Å². The van der Waals surface area contributed by atoms with Gasteiger partial charge in [0.1, 0.15) is 11.9 Å². The molecule has 2 aromatic carbocycles. The van der Waals surface area contributed by atoms with Crippen LogP contribution in [-0.2, 0) is 29.5 Å². The zero-order valence-electron chi connectivity index (χ0n) is 22.4. The minimum absolute atomic E-state index is 0.0615. The lowest BCUT2D eigenvalue weighted by Gasteiger charge is -2.33. The summed E-state index contributed by atoms with van der Waals surface area (Å²) in [5.41, 5.74) is 3.40. The summed E-state index contributed by atoms with van der Waals surface area (Å²) < 4.78 is 8.49. The van der Waals surface area contributed by atoms with Crippen LogP contribution in [0.4, 0.5) is 5.69 Å². The van der Waals surface area contributed by atoms with E-state index in [4.69, 9.17) is 4.74 Å². The van der Waals surface area contributed by atoms with E-state index in [1.54, 1.807) is 4.90 Å².